The maximum absolute atomic E-state index is 13.1. The minimum Gasteiger partial charge on any atom is -0.488 e. The lowest BCUT2D eigenvalue weighted by Gasteiger charge is -2.20. The number of carbonyl (C=O) groups excluding carboxylic acids is 1. The highest BCUT2D eigenvalue weighted by atomic mass is 19.1. The molecule has 0 spiro atoms. The van der Waals surface area contributed by atoms with E-state index in [1.165, 1.54) is 12.1 Å². The van der Waals surface area contributed by atoms with Gasteiger partial charge < -0.3 is 14.4 Å². The van der Waals surface area contributed by atoms with Gasteiger partial charge in [-0.15, -0.1) is 0 Å². The van der Waals surface area contributed by atoms with E-state index in [-0.39, 0.29) is 11.6 Å². The van der Waals surface area contributed by atoms with E-state index in [0.717, 1.165) is 35.5 Å². The molecule has 1 aliphatic heterocycles. The van der Waals surface area contributed by atoms with Crippen LogP contribution in [0.2, 0.25) is 0 Å². The molecule has 0 amide bonds. The van der Waals surface area contributed by atoms with Crippen LogP contribution < -0.4 is 14.4 Å². The number of anilines is 1. The van der Waals surface area contributed by atoms with Crippen LogP contribution in [-0.2, 0) is 6.61 Å². The summed E-state index contributed by atoms with van der Waals surface area (Å²) in [5.41, 5.74) is 4.21. The number of nitrogens with zero attached hydrogens (tertiary/aromatic N) is 1. The maximum Gasteiger partial charge on any atom is 0.231 e. The van der Waals surface area contributed by atoms with Crippen molar-refractivity contribution in [3.05, 3.63) is 94.5 Å². The fourth-order valence-corrected chi connectivity index (χ4v) is 3.79. The molecule has 32 heavy (non-hydrogen) atoms. The Morgan fingerprint density at radius 2 is 1.66 bits per heavy atom. The van der Waals surface area contributed by atoms with Crippen LogP contribution in [-0.4, -0.2) is 18.9 Å². The maximum atomic E-state index is 13.1. The van der Waals surface area contributed by atoms with Crippen molar-refractivity contribution >= 4 is 17.5 Å². The van der Waals surface area contributed by atoms with E-state index in [4.69, 9.17) is 9.47 Å². The van der Waals surface area contributed by atoms with Crippen molar-refractivity contribution in [2.75, 3.05) is 18.0 Å². The van der Waals surface area contributed by atoms with E-state index in [1.54, 1.807) is 30.3 Å². The van der Waals surface area contributed by atoms with Crippen molar-refractivity contribution in [2.45, 2.75) is 27.4 Å². The van der Waals surface area contributed by atoms with Crippen LogP contribution in [0.1, 0.15) is 40.9 Å². The van der Waals surface area contributed by atoms with Crippen molar-refractivity contribution in [3.63, 3.8) is 0 Å². The molecule has 0 aromatic heterocycles. The molecule has 4 nitrogen and oxygen atoms in total. The van der Waals surface area contributed by atoms with Crippen LogP contribution in [0.25, 0.3) is 6.08 Å². The van der Waals surface area contributed by atoms with E-state index >= 15 is 0 Å². The Morgan fingerprint density at radius 1 is 0.969 bits per heavy atom. The number of benzene rings is 3. The van der Waals surface area contributed by atoms with Gasteiger partial charge >= 0.3 is 0 Å². The molecule has 0 saturated carbocycles. The molecule has 1 aliphatic rings. The average Bonchev–Trinajstić information content (AvgIpc) is 3.12. The summed E-state index contributed by atoms with van der Waals surface area (Å²) >= 11 is 0. The number of halogens is 1. The Bertz CT molecular complexity index is 1150. The van der Waals surface area contributed by atoms with Gasteiger partial charge in [-0.25, -0.2) is 4.39 Å². The molecule has 4 rings (SSSR count). The summed E-state index contributed by atoms with van der Waals surface area (Å²) in [7, 11) is 0. The largest absolute Gasteiger partial charge is 0.488 e. The number of allylic oxidation sites excluding steroid dienone is 1. The Balaban J connectivity index is 1.51. The van der Waals surface area contributed by atoms with E-state index < -0.39 is 0 Å². The van der Waals surface area contributed by atoms with E-state index in [0.29, 0.717) is 29.4 Å². The smallest absolute Gasteiger partial charge is 0.231 e. The minimum atomic E-state index is -0.281. The third-order valence-electron chi connectivity index (χ3n) is 5.66. The van der Waals surface area contributed by atoms with Gasteiger partial charge in [0.15, 0.2) is 5.76 Å². The second-order valence-corrected chi connectivity index (χ2v) is 7.68. The van der Waals surface area contributed by atoms with Crippen LogP contribution >= 0.6 is 0 Å². The molecule has 0 aliphatic carbocycles. The number of hydrogen-bond acceptors (Lipinski definition) is 4. The summed E-state index contributed by atoms with van der Waals surface area (Å²) in [4.78, 5) is 15.1. The van der Waals surface area contributed by atoms with Gasteiger partial charge in [0.05, 0.1) is 5.56 Å². The van der Waals surface area contributed by atoms with Gasteiger partial charge in [-0.3, -0.25) is 4.79 Å². The van der Waals surface area contributed by atoms with Gasteiger partial charge in [-0.2, -0.15) is 0 Å². The first kappa shape index (κ1) is 21.6. The minimum absolute atomic E-state index is 0.138. The molecule has 1 heterocycles. The summed E-state index contributed by atoms with van der Waals surface area (Å²) in [5, 5.41) is 0. The first-order valence-corrected chi connectivity index (χ1v) is 10.8. The molecule has 0 fully saturated rings. The summed E-state index contributed by atoms with van der Waals surface area (Å²) in [6, 6.07) is 17.8. The number of ketones is 1. The zero-order valence-electron chi connectivity index (χ0n) is 18.5. The predicted octanol–water partition coefficient (Wildman–Crippen LogP) is 6.18. The zero-order valence-corrected chi connectivity index (χ0v) is 18.5. The van der Waals surface area contributed by atoms with Crippen LogP contribution in [0.15, 0.2) is 66.4 Å². The highest BCUT2D eigenvalue weighted by Crippen LogP contribution is 2.39. The molecule has 0 N–H and O–H groups in total. The quantitative estimate of drug-likeness (QED) is 0.419. The fourth-order valence-electron chi connectivity index (χ4n) is 3.79. The molecule has 0 atom stereocenters. The number of ether oxygens (including phenoxy) is 2. The monoisotopic (exact) mass is 431 g/mol. The van der Waals surface area contributed by atoms with Gasteiger partial charge in [-0.1, -0.05) is 24.3 Å². The molecular weight excluding hydrogens is 405 g/mol. The van der Waals surface area contributed by atoms with Gasteiger partial charge in [0.25, 0.3) is 0 Å². The molecule has 164 valence electrons. The van der Waals surface area contributed by atoms with Crippen LogP contribution in [0.5, 0.6) is 11.5 Å². The second-order valence-electron chi connectivity index (χ2n) is 7.68. The summed E-state index contributed by atoms with van der Waals surface area (Å²) in [5.74, 6) is 1.04. The molecule has 0 saturated heterocycles. The predicted molar refractivity (Wildman–Crippen MR) is 125 cm³/mol. The number of carbonyl (C=O) groups is 1. The van der Waals surface area contributed by atoms with Gasteiger partial charge in [0.1, 0.15) is 23.9 Å². The molecule has 0 radical (unpaired) electrons. The summed E-state index contributed by atoms with van der Waals surface area (Å²) in [6.07, 6.45) is 1.77. The van der Waals surface area contributed by atoms with Crippen molar-refractivity contribution in [1.82, 2.24) is 0 Å². The number of fused-ring (bicyclic) bond motifs is 1. The first-order chi connectivity index (χ1) is 15.5. The number of hydrogen-bond donors (Lipinski definition) is 0. The molecule has 3 aromatic carbocycles. The molecule has 0 bridgehead atoms. The number of Topliss-reactive ketones (excluding diaryl/α,β-unsaturated/α-hetero) is 1. The lowest BCUT2D eigenvalue weighted by molar-refractivity contribution is 0.101. The number of rotatable bonds is 7. The van der Waals surface area contributed by atoms with Crippen LogP contribution in [0, 0.1) is 12.7 Å². The average molecular weight is 432 g/mol. The third kappa shape index (κ3) is 4.37. The summed E-state index contributed by atoms with van der Waals surface area (Å²) in [6.45, 7) is 8.31. The second kappa shape index (κ2) is 9.27. The first-order valence-electron chi connectivity index (χ1n) is 10.8. The normalized spacial score (nSPS) is 13.8. The van der Waals surface area contributed by atoms with Crippen LogP contribution in [0.3, 0.4) is 0 Å². The van der Waals surface area contributed by atoms with E-state index in [9.17, 15) is 9.18 Å². The van der Waals surface area contributed by atoms with Crippen molar-refractivity contribution < 1.29 is 18.7 Å². The SMILES string of the molecule is CCN(CC)c1ccc(/C=C2\Oc3c(ccc(OCc4ccc(F)cc4)c3C)C2=O)cc1. The van der Waals surface area contributed by atoms with E-state index in [1.807, 2.05) is 19.1 Å². The Labute approximate surface area is 187 Å². The third-order valence-corrected chi connectivity index (χ3v) is 5.66. The zero-order chi connectivity index (χ0) is 22.7. The highest BCUT2D eigenvalue weighted by Gasteiger charge is 2.30. The summed E-state index contributed by atoms with van der Waals surface area (Å²) < 4.78 is 24.9. The topological polar surface area (TPSA) is 38.8 Å². The Hall–Kier alpha value is -3.60. The fraction of sp³-hybridized carbons (Fsp3) is 0.222. The van der Waals surface area contributed by atoms with Gasteiger partial charge in [-0.05, 0) is 74.4 Å². The molecular formula is C27H26FNO3. The van der Waals surface area contributed by atoms with Crippen LogP contribution in [0.4, 0.5) is 10.1 Å². The molecule has 5 heteroatoms. The van der Waals surface area contributed by atoms with Crippen molar-refractivity contribution in [1.29, 1.82) is 0 Å². The van der Waals surface area contributed by atoms with Gasteiger partial charge in [0.2, 0.25) is 5.78 Å². The van der Waals surface area contributed by atoms with E-state index in [2.05, 4.69) is 30.9 Å². The Kier molecular flexibility index (Phi) is 6.26. The Morgan fingerprint density at radius 3 is 2.31 bits per heavy atom. The van der Waals surface area contributed by atoms with Crippen molar-refractivity contribution in [3.8, 4) is 11.5 Å². The lowest BCUT2D eigenvalue weighted by Crippen LogP contribution is -2.21. The standard InChI is InChI=1S/C27H26FNO3/c1-4-29(5-2)22-12-8-19(9-13-22)16-25-26(30)23-14-15-24(18(3)27(23)32-25)31-17-20-6-10-21(28)11-7-20/h6-16H,4-5,17H2,1-3H3/b25-16-. The lowest BCUT2D eigenvalue weighted by atomic mass is 10.1. The van der Waals surface area contributed by atoms with Gasteiger partial charge in [0, 0.05) is 24.3 Å². The molecule has 0 unspecified atom stereocenters. The molecule has 3 aromatic rings. The highest BCUT2D eigenvalue weighted by molar-refractivity contribution is 6.15. The van der Waals surface area contributed by atoms with Crippen molar-refractivity contribution in [2.24, 2.45) is 0 Å².